The maximum atomic E-state index is 13.0. The maximum Gasteiger partial charge on any atom is 0.272 e. The molecule has 0 aromatic carbocycles. The summed E-state index contributed by atoms with van der Waals surface area (Å²) in [7, 11) is 3.70. The van der Waals surface area contributed by atoms with Gasteiger partial charge in [0, 0.05) is 44.6 Å². The number of aromatic nitrogens is 3. The molecule has 1 aliphatic carbocycles. The van der Waals surface area contributed by atoms with E-state index in [4.69, 9.17) is 4.74 Å². The van der Waals surface area contributed by atoms with Crippen molar-refractivity contribution in [1.82, 2.24) is 19.7 Å². The van der Waals surface area contributed by atoms with Gasteiger partial charge in [-0.25, -0.2) is 0 Å². The van der Waals surface area contributed by atoms with Crippen LogP contribution in [0.4, 0.5) is 0 Å². The van der Waals surface area contributed by atoms with Gasteiger partial charge in [-0.1, -0.05) is 6.07 Å². The molecule has 3 heterocycles. The highest BCUT2D eigenvalue weighted by molar-refractivity contribution is 5.92. The lowest BCUT2D eigenvalue weighted by molar-refractivity contribution is 0.0507. The number of carbonyl (C=O) groups is 1. The molecule has 2 fully saturated rings. The highest BCUT2D eigenvalue weighted by atomic mass is 16.5. The highest BCUT2D eigenvalue weighted by Gasteiger charge is 2.36. The number of ether oxygens (including phenoxy) is 1. The second kappa shape index (κ2) is 6.02. The van der Waals surface area contributed by atoms with Gasteiger partial charge in [-0.2, -0.15) is 5.10 Å². The van der Waals surface area contributed by atoms with Gasteiger partial charge < -0.3 is 9.64 Å². The van der Waals surface area contributed by atoms with Gasteiger partial charge in [-0.3, -0.25) is 14.5 Å². The van der Waals surface area contributed by atoms with Gasteiger partial charge in [0.1, 0.15) is 11.8 Å². The van der Waals surface area contributed by atoms with E-state index in [-0.39, 0.29) is 18.1 Å². The minimum Gasteiger partial charge on any atom is -0.371 e. The molecule has 6 heteroatoms. The first-order chi connectivity index (χ1) is 11.6. The number of amides is 1. The molecule has 0 spiro atoms. The predicted molar refractivity (Wildman–Crippen MR) is 88.6 cm³/mol. The van der Waals surface area contributed by atoms with E-state index >= 15 is 0 Å². The molecule has 0 N–H and O–H groups in total. The number of nitrogens with zero attached hydrogens (tertiary/aromatic N) is 4. The molecule has 2 aromatic heterocycles. The fourth-order valence-electron chi connectivity index (χ4n) is 3.44. The lowest BCUT2D eigenvalue weighted by Gasteiger charge is -2.28. The fraction of sp³-hybridized carbons (Fsp3) is 0.500. The average molecular weight is 326 g/mol. The molecule has 0 unspecified atom stereocenters. The minimum atomic E-state index is -0.121. The first-order valence-electron chi connectivity index (χ1n) is 8.48. The van der Waals surface area contributed by atoms with Gasteiger partial charge >= 0.3 is 0 Å². The molecule has 2 aliphatic rings. The zero-order valence-electron chi connectivity index (χ0n) is 14.1. The fourth-order valence-corrected chi connectivity index (χ4v) is 3.44. The Kier molecular flexibility index (Phi) is 3.84. The summed E-state index contributed by atoms with van der Waals surface area (Å²) >= 11 is 0. The van der Waals surface area contributed by atoms with Crippen molar-refractivity contribution < 1.29 is 9.53 Å². The highest BCUT2D eigenvalue weighted by Crippen LogP contribution is 2.39. The minimum absolute atomic E-state index is 0.00119. The summed E-state index contributed by atoms with van der Waals surface area (Å²) in [4.78, 5) is 19.0. The standard InChI is InChI=1S/C18H22N4O2/c1-21(15-7-9-24-17(15)13-4-3-8-19-11-13)18(23)16-10-14(12-5-6-12)20-22(16)2/h3-4,8,10-12,15,17H,5-7,9H2,1-2H3/t15-,17+/m0/s1. The van der Waals surface area contributed by atoms with E-state index in [0.29, 0.717) is 18.2 Å². The number of pyridine rings is 1. The third kappa shape index (κ3) is 2.71. The van der Waals surface area contributed by atoms with Gasteiger partial charge in [0.05, 0.1) is 11.7 Å². The second-order valence-electron chi connectivity index (χ2n) is 6.70. The lowest BCUT2D eigenvalue weighted by atomic mass is 10.0. The normalized spacial score (nSPS) is 23.4. The predicted octanol–water partition coefficient (Wildman–Crippen LogP) is 2.29. The molecule has 2 atom stereocenters. The Morgan fingerprint density at radius 3 is 2.92 bits per heavy atom. The van der Waals surface area contributed by atoms with Crippen LogP contribution in [0.5, 0.6) is 0 Å². The molecule has 24 heavy (non-hydrogen) atoms. The van der Waals surface area contributed by atoms with Gasteiger partial charge in [0.15, 0.2) is 0 Å². The Morgan fingerprint density at radius 1 is 1.38 bits per heavy atom. The van der Waals surface area contributed by atoms with Crippen LogP contribution in [0.3, 0.4) is 0 Å². The Balaban J connectivity index is 1.56. The van der Waals surface area contributed by atoms with E-state index in [9.17, 15) is 4.79 Å². The number of hydrogen-bond acceptors (Lipinski definition) is 4. The summed E-state index contributed by atoms with van der Waals surface area (Å²) in [5.41, 5.74) is 2.71. The number of likely N-dealkylation sites (N-methyl/N-ethyl adjacent to an activating group) is 1. The Labute approximate surface area is 141 Å². The van der Waals surface area contributed by atoms with Crippen LogP contribution in [0, 0.1) is 0 Å². The molecule has 0 radical (unpaired) electrons. The van der Waals surface area contributed by atoms with E-state index in [0.717, 1.165) is 17.7 Å². The molecule has 0 bridgehead atoms. The van der Waals surface area contributed by atoms with Crippen LogP contribution in [0.15, 0.2) is 30.6 Å². The van der Waals surface area contributed by atoms with E-state index < -0.39 is 0 Å². The van der Waals surface area contributed by atoms with Gasteiger partial charge in [-0.15, -0.1) is 0 Å². The molecule has 4 rings (SSSR count). The zero-order chi connectivity index (χ0) is 16.7. The van der Waals surface area contributed by atoms with Crippen molar-refractivity contribution in [3.63, 3.8) is 0 Å². The smallest absolute Gasteiger partial charge is 0.272 e. The third-order valence-electron chi connectivity index (χ3n) is 5.00. The second-order valence-corrected chi connectivity index (χ2v) is 6.70. The summed E-state index contributed by atoms with van der Waals surface area (Å²) in [5, 5.41) is 4.51. The summed E-state index contributed by atoms with van der Waals surface area (Å²) in [6.07, 6.45) is 6.63. The molecular formula is C18H22N4O2. The van der Waals surface area contributed by atoms with Crippen LogP contribution >= 0.6 is 0 Å². The molecule has 126 valence electrons. The average Bonchev–Trinajstić information content (AvgIpc) is 3.21. The largest absolute Gasteiger partial charge is 0.371 e. The number of hydrogen-bond donors (Lipinski definition) is 0. The number of carbonyl (C=O) groups excluding carboxylic acids is 1. The summed E-state index contributed by atoms with van der Waals surface area (Å²) < 4.78 is 7.60. The van der Waals surface area contributed by atoms with Crippen LogP contribution in [-0.4, -0.2) is 45.3 Å². The Hall–Kier alpha value is -2.21. The van der Waals surface area contributed by atoms with Crippen molar-refractivity contribution in [2.24, 2.45) is 7.05 Å². The monoisotopic (exact) mass is 326 g/mol. The summed E-state index contributed by atoms with van der Waals surface area (Å²) in [6, 6.07) is 5.87. The maximum absolute atomic E-state index is 13.0. The van der Waals surface area contributed by atoms with Crippen LogP contribution in [0.1, 0.15) is 53.0 Å². The van der Waals surface area contributed by atoms with Crippen molar-refractivity contribution in [3.05, 3.63) is 47.5 Å². The van der Waals surface area contributed by atoms with Crippen LogP contribution < -0.4 is 0 Å². The molecule has 1 saturated carbocycles. The molecule has 2 aromatic rings. The van der Waals surface area contributed by atoms with Crippen molar-refractivity contribution in [1.29, 1.82) is 0 Å². The summed E-state index contributed by atoms with van der Waals surface area (Å²) in [5.74, 6) is 0.544. The van der Waals surface area contributed by atoms with Crippen LogP contribution in [-0.2, 0) is 11.8 Å². The first-order valence-corrected chi connectivity index (χ1v) is 8.48. The third-order valence-corrected chi connectivity index (χ3v) is 5.00. The van der Waals surface area contributed by atoms with Crippen molar-refractivity contribution in [2.45, 2.75) is 37.3 Å². The molecule has 6 nitrogen and oxygen atoms in total. The molecule has 1 saturated heterocycles. The first kappa shape index (κ1) is 15.3. The number of rotatable bonds is 4. The van der Waals surface area contributed by atoms with Crippen LogP contribution in [0.2, 0.25) is 0 Å². The van der Waals surface area contributed by atoms with E-state index in [1.807, 2.05) is 38.5 Å². The van der Waals surface area contributed by atoms with Crippen molar-refractivity contribution in [2.75, 3.05) is 13.7 Å². The Morgan fingerprint density at radius 2 is 2.21 bits per heavy atom. The number of aryl methyl sites for hydroxylation is 1. The SMILES string of the molecule is CN(C(=O)c1cc(C2CC2)nn1C)[C@H]1CCO[C@@H]1c1cccnc1. The van der Waals surface area contributed by atoms with E-state index in [1.165, 1.54) is 12.8 Å². The Bertz CT molecular complexity index is 739. The lowest BCUT2D eigenvalue weighted by Crippen LogP contribution is -2.39. The molecule has 1 amide bonds. The van der Waals surface area contributed by atoms with Crippen LogP contribution in [0.25, 0.3) is 0 Å². The summed E-state index contributed by atoms with van der Waals surface area (Å²) in [6.45, 7) is 0.653. The zero-order valence-corrected chi connectivity index (χ0v) is 14.1. The van der Waals surface area contributed by atoms with Crippen molar-refractivity contribution >= 4 is 5.91 Å². The van der Waals surface area contributed by atoms with Crippen molar-refractivity contribution in [3.8, 4) is 0 Å². The quantitative estimate of drug-likeness (QED) is 0.865. The molecule has 1 aliphatic heterocycles. The van der Waals surface area contributed by atoms with Gasteiger partial charge in [0.2, 0.25) is 0 Å². The van der Waals surface area contributed by atoms with E-state index in [2.05, 4.69) is 10.1 Å². The molecular weight excluding hydrogens is 304 g/mol. The van der Waals surface area contributed by atoms with Gasteiger partial charge in [-0.05, 0) is 31.4 Å². The topological polar surface area (TPSA) is 60.2 Å². The van der Waals surface area contributed by atoms with E-state index in [1.54, 1.807) is 15.8 Å². The van der Waals surface area contributed by atoms with Gasteiger partial charge in [0.25, 0.3) is 5.91 Å².